The molecule has 0 fully saturated rings. The van der Waals surface area contributed by atoms with Crippen LogP contribution in [0.3, 0.4) is 0 Å². The van der Waals surface area contributed by atoms with E-state index in [1.165, 1.54) is 20.4 Å². The van der Waals surface area contributed by atoms with Gasteiger partial charge in [-0.15, -0.1) is 0 Å². The Balaban J connectivity index is 2.10. The highest BCUT2D eigenvalue weighted by Crippen LogP contribution is 2.29. The molecule has 0 unspecified atom stereocenters. The van der Waals surface area contributed by atoms with Crippen molar-refractivity contribution in [3.05, 3.63) is 54.0 Å². The smallest absolute Gasteiger partial charge is 0.267 e. The number of carbonyl (C=O) groups excluding carboxylic acids is 1. The lowest BCUT2D eigenvalue weighted by atomic mass is 10.2. The molecule has 25 heavy (non-hydrogen) atoms. The second kappa shape index (κ2) is 8.36. The Morgan fingerprint density at radius 1 is 1.16 bits per heavy atom. The average Bonchev–Trinajstić information content (AvgIpc) is 2.63. The van der Waals surface area contributed by atoms with Crippen molar-refractivity contribution in [1.82, 2.24) is 4.98 Å². The van der Waals surface area contributed by atoms with E-state index in [4.69, 9.17) is 9.47 Å². The highest BCUT2D eigenvalue weighted by molar-refractivity contribution is 6.06. The first-order valence-electron chi connectivity index (χ1n) is 7.40. The molecule has 128 valence electrons. The monoisotopic (exact) mass is 338 g/mol. The Hall–Kier alpha value is -3.53. The largest absolute Gasteiger partial charge is 0.493 e. The minimum Gasteiger partial charge on any atom is -0.493 e. The molecule has 7 nitrogen and oxygen atoms in total. The van der Waals surface area contributed by atoms with Gasteiger partial charge in [-0.3, -0.25) is 9.78 Å². The van der Waals surface area contributed by atoms with Gasteiger partial charge in [-0.25, -0.2) is 0 Å². The number of nitriles is 1. The van der Waals surface area contributed by atoms with Gasteiger partial charge in [0.15, 0.2) is 11.5 Å². The molecular weight excluding hydrogens is 320 g/mol. The maximum atomic E-state index is 12.2. The van der Waals surface area contributed by atoms with Crippen LogP contribution in [0.5, 0.6) is 11.5 Å². The minimum absolute atomic E-state index is 0.0737. The number of nitrogens with zero attached hydrogens (tertiary/aromatic N) is 2. The molecule has 1 aromatic heterocycles. The topological polar surface area (TPSA) is 96.3 Å². The Kier molecular flexibility index (Phi) is 5.96. The lowest BCUT2D eigenvalue weighted by Crippen LogP contribution is -2.14. The van der Waals surface area contributed by atoms with E-state index < -0.39 is 5.91 Å². The summed E-state index contributed by atoms with van der Waals surface area (Å²) >= 11 is 0. The van der Waals surface area contributed by atoms with E-state index in [0.717, 1.165) is 5.69 Å². The number of methoxy groups -OCH3 is 2. The summed E-state index contributed by atoms with van der Waals surface area (Å²) in [6.07, 6.45) is 2.95. The van der Waals surface area contributed by atoms with Crippen LogP contribution in [0.15, 0.2) is 48.3 Å². The number of carbonyl (C=O) groups is 1. The molecule has 0 bridgehead atoms. The van der Waals surface area contributed by atoms with Gasteiger partial charge in [-0.1, -0.05) is 0 Å². The van der Waals surface area contributed by atoms with Crippen LogP contribution in [-0.4, -0.2) is 25.1 Å². The van der Waals surface area contributed by atoms with Gasteiger partial charge in [-0.05, 0) is 31.2 Å². The Morgan fingerprint density at radius 2 is 1.88 bits per heavy atom. The summed E-state index contributed by atoms with van der Waals surface area (Å²) in [5.41, 5.74) is 1.97. The molecule has 0 saturated carbocycles. The van der Waals surface area contributed by atoms with Gasteiger partial charge in [0.2, 0.25) is 0 Å². The summed E-state index contributed by atoms with van der Waals surface area (Å²) in [7, 11) is 3.03. The normalized spacial score (nSPS) is 10.6. The number of benzene rings is 1. The zero-order valence-corrected chi connectivity index (χ0v) is 14.2. The van der Waals surface area contributed by atoms with Crippen molar-refractivity contribution in [2.24, 2.45) is 0 Å². The fourth-order valence-electron chi connectivity index (χ4n) is 1.97. The molecule has 7 heteroatoms. The molecule has 2 N–H and O–H groups in total. The Labute approximate surface area is 145 Å². The molecule has 0 spiro atoms. The molecule has 2 aromatic rings. The number of hydrogen-bond acceptors (Lipinski definition) is 6. The van der Waals surface area contributed by atoms with Gasteiger partial charge in [0, 0.05) is 23.6 Å². The quantitative estimate of drug-likeness (QED) is 0.621. The van der Waals surface area contributed by atoms with E-state index in [9.17, 15) is 10.1 Å². The highest BCUT2D eigenvalue weighted by Gasteiger charge is 2.11. The maximum absolute atomic E-state index is 12.2. The third-order valence-corrected chi connectivity index (χ3v) is 3.30. The third-order valence-electron chi connectivity index (χ3n) is 3.30. The van der Waals surface area contributed by atoms with Crippen molar-refractivity contribution in [2.75, 3.05) is 24.9 Å². The molecule has 0 aliphatic heterocycles. The van der Waals surface area contributed by atoms with Gasteiger partial charge >= 0.3 is 0 Å². The van der Waals surface area contributed by atoms with Gasteiger partial charge in [0.05, 0.1) is 26.1 Å². The molecule has 0 radical (unpaired) electrons. The number of hydrogen-bond donors (Lipinski definition) is 2. The van der Waals surface area contributed by atoms with Crippen LogP contribution in [0.2, 0.25) is 0 Å². The summed E-state index contributed by atoms with van der Waals surface area (Å²) in [4.78, 5) is 16.4. The number of amides is 1. The molecule has 0 aliphatic rings. The maximum Gasteiger partial charge on any atom is 0.267 e. The van der Waals surface area contributed by atoms with Gasteiger partial charge in [0.25, 0.3) is 5.91 Å². The summed E-state index contributed by atoms with van der Waals surface area (Å²) in [5.74, 6) is 0.485. The zero-order valence-electron chi connectivity index (χ0n) is 14.2. The van der Waals surface area contributed by atoms with E-state index in [-0.39, 0.29) is 5.57 Å². The fraction of sp³-hybridized carbons (Fsp3) is 0.167. The Bertz CT molecular complexity index is 823. The highest BCUT2D eigenvalue weighted by atomic mass is 16.5. The van der Waals surface area contributed by atoms with Crippen LogP contribution in [-0.2, 0) is 4.79 Å². The first kappa shape index (κ1) is 17.8. The second-order valence-electron chi connectivity index (χ2n) is 5.03. The molecule has 1 amide bonds. The molecule has 1 heterocycles. The summed E-state index contributed by atoms with van der Waals surface area (Å²) < 4.78 is 10.3. The van der Waals surface area contributed by atoms with Crippen molar-refractivity contribution in [2.45, 2.75) is 6.92 Å². The van der Waals surface area contributed by atoms with Crippen molar-refractivity contribution in [3.8, 4) is 17.6 Å². The molecule has 0 atom stereocenters. The van der Waals surface area contributed by atoms with E-state index in [2.05, 4.69) is 15.6 Å². The second-order valence-corrected chi connectivity index (χ2v) is 5.03. The lowest BCUT2D eigenvalue weighted by Gasteiger charge is -2.10. The number of ether oxygens (including phenoxy) is 2. The summed E-state index contributed by atoms with van der Waals surface area (Å²) in [5, 5.41) is 14.7. The summed E-state index contributed by atoms with van der Waals surface area (Å²) in [6.45, 7) is 1.87. The first-order chi connectivity index (χ1) is 12.1. The molecule has 0 aliphatic carbocycles. The van der Waals surface area contributed by atoms with Crippen LogP contribution < -0.4 is 20.1 Å². The standard InChI is InChI=1S/C18H18N4O3/c1-12-4-5-15(11-20-12)21-10-13(9-19)18(23)22-14-6-7-16(24-2)17(8-14)25-3/h4-8,10-11,21H,1-3H3,(H,22,23)/b13-10-. The average molecular weight is 338 g/mol. The predicted molar refractivity (Wildman–Crippen MR) is 94.5 cm³/mol. The molecule has 0 saturated heterocycles. The number of pyridine rings is 1. The lowest BCUT2D eigenvalue weighted by molar-refractivity contribution is -0.112. The van der Waals surface area contributed by atoms with Crippen LogP contribution in [0.4, 0.5) is 11.4 Å². The number of anilines is 2. The molecule has 1 aromatic carbocycles. The Morgan fingerprint density at radius 3 is 2.48 bits per heavy atom. The predicted octanol–water partition coefficient (Wildman–Crippen LogP) is 2.87. The molecular formula is C18H18N4O3. The SMILES string of the molecule is COc1ccc(NC(=O)/C(C#N)=C\Nc2ccc(C)nc2)cc1OC. The number of aryl methyl sites for hydroxylation is 1. The van der Waals surface area contributed by atoms with E-state index in [0.29, 0.717) is 22.9 Å². The van der Waals surface area contributed by atoms with E-state index in [1.54, 1.807) is 30.5 Å². The van der Waals surface area contributed by atoms with Crippen LogP contribution in [0.25, 0.3) is 0 Å². The van der Waals surface area contributed by atoms with Crippen LogP contribution in [0, 0.1) is 18.3 Å². The van der Waals surface area contributed by atoms with Crippen molar-refractivity contribution >= 4 is 17.3 Å². The van der Waals surface area contributed by atoms with Crippen molar-refractivity contribution in [1.29, 1.82) is 5.26 Å². The van der Waals surface area contributed by atoms with E-state index >= 15 is 0 Å². The third kappa shape index (κ3) is 4.72. The van der Waals surface area contributed by atoms with Gasteiger partial charge < -0.3 is 20.1 Å². The van der Waals surface area contributed by atoms with Gasteiger partial charge in [-0.2, -0.15) is 5.26 Å². The first-order valence-corrected chi connectivity index (χ1v) is 7.40. The number of nitrogens with one attached hydrogen (secondary N) is 2. The van der Waals surface area contributed by atoms with Crippen LogP contribution >= 0.6 is 0 Å². The van der Waals surface area contributed by atoms with Crippen molar-refractivity contribution in [3.63, 3.8) is 0 Å². The van der Waals surface area contributed by atoms with Crippen LogP contribution in [0.1, 0.15) is 5.69 Å². The summed E-state index contributed by atoms with van der Waals surface area (Å²) in [6, 6.07) is 10.4. The number of rotatable bonds is 6. The van der Waals surface area contributed by atoms with Crippen molar-refractivity contribution < 1.29 is 14.3 Å². The number of aromatic nitrogens is 1. The minimum atomic E-state index is -0.540. The van der Waals surface area contributed by atoms with Gasteiger partial charge in [0.1, 0.15) is 11.6 Å². The molecule has 2 rings (SSSR count). The zero-order chi connectivity index (χ0) is 18.2. The fourth-order valence-corrected chi connectivity index (χ4v) is 1.97. The van der Waals surface area contributed by atoms with E-state index in [1.807, 2.05) is 19.1 Å².